The summed E-state index contributed by atoms with van der Waals surface area (Å²) in [6.07, 6.45) is -0.125. The van der Waals surface area contributed by atoms with Crippen LogP contribution in [0, 0.1) is 11.8 Å². The fourth-order valence-corrected chi connectivity index (χ4v) is 1.42. The average molecular weight is 414 g/mol. The highest BCUT2D eigenvalue weighted by atomic mass is 16.4. The summed E-state index contributed by atoms with van der Waals surface area (Å²) in [6.45, 7) is 4.61. The number of carboxylic acids is 2. The Morgan fingerprint density at radius 3 is 1.29 bits per heavy atom. The molecule has 0 fully saturated rings. The van der Waals surface area contributed by atoms with Gasteiger partial charge in [0.15, 0.2) is 0 Å². The van der Waals surface area contributed by atoms with Crippen molar-refractivity contribution in [3.63, 3.8) is 0 Å². The van der Waals surface area contributed by atoms with Gasteiger partial charge in [-0.15, -0.1) is 0 Å². The SMILES string of the molecule is CC(CN=NCC(C)C(N)=NCCC(=O)O)C(N)=NCCC(=O)O.O.O.O.O. The van der Waals surface area contributed by atoms with Gasteiger partial charge in [0.05, 0.1) is 50.7 Å². The van der Waals surface area contributed by atoms with Gasteiger partial charge < -0.3 is 43.6 Å². The van der Waals surface area contributed by atoms with Crippen LogP contribution >= 0.6 is 0 Å². The highest BCUT2D eigenvalue weighted by Crippen LogP contribution is 2.01. The van der Waals surface area contributed by atoms with Crippen molar-refractivity contribution in [3.05, 3.63) is 0 Å². The molecule has 0 bridgehead atoms. The number of aliphatic imine (C=N–C) groups is 2. The molecule has 0 aromatic rings. The summed E-state index contributed by atoms with van der Waals surface area (Å²) >= 11 is 0. The Kier molecular flexibility index (Phi) is 26.7. The first kappa shape index (κ1) is 36.3. The van der Waals surface area contributed by atoms with Crippen molar-refractivity contribution in [1.29, 1.82) is 0 Å². The number of carbonyl (C=O) groups is 2. The molecule has 0 aliphatic carbocycles. The number of carboxylic acid groups (broad SMARTS) is 2. The maximum Gasteiger partial charge on any atom is 0.305 e. The van der Waals surface area contributed by atoms with E-state index in [2.05, 4.69) is 20.2 Å². The predicted octanol–water partition coefficient (Wildman–Crippen LogP) is -2.92. The Bertz CT molecular complexity index is 468. The number of nitrogens with two attached hydrogens (primary N) is 2. The predicted molar refractivity (Wildman–Crippen MR) is 105 cm³/mol. The van der Waals surface area contributed by atoms with E-state index >= 15 is 0 Å². The molecule has 14 nitrogen and oxygen atoms in total. The van der Waals surface area contributed by atoms with Gasteiger partial charge in [0.25, 0.3) is 0 Å². The van der Waals surface area contributed by atoms with E-state index in [0.29, 0.717) is 24.8 Å². The zero-order valence-electron chi connectivity index (χ0n) is 16.1. The third kappa shape index (κ3) is 19.6. The lowest BCUT2D eigenvalue weighted by atomic mass is 10.1. The fourth-order valence-electron chi connectivity index (χ4n) is 1.42. The second kappa shape index (κ2) is 20.6. The van der Waals surface area contributed by atoms with E-state index in [1.807, 2.05) is 13.8 Å². The summed E-state index contributed by atoms with van der Waals surface area (Å²) in [7, 11) is 0. The van der Waals surface area contributed by atoms with Gasteiger partial charge in [-0.2, -0.15) is 10.2 Å². The lowest BCUT2D eigenvalue weighted by Gasteiger charge is -2.09. The van der Waals surface area contributed by atoms with Crippen molar-refractivity contribution in [1.82, 2.24) is 0 Å². The zero-order valence-corrected chi connectivity index (χ0v) is 16.1. The Morgan fingerprint density at radius 1 is 0.750 bits per heavy atom. The standard InChI is InChI=1S/C14H26N6O4.4H2O/c1-9(13(15)17-5-3-11(21)22)7-19-20-8-10(2)14(16)18-6-4-12(23)24;;;;/h9-10H,3-8H2,1-2H3,(H2,15,17)(H2,16,18)(H,21,22)(H,23,24);4*1H2. The Hall–Kier alpha value is -2.68. The minimum absolute atomic E-state index is 0. The smallest absolute Gasteiger partial charge is 0.305 e. The van der Waals surface area contributed by atoms with Crippen LogP contribution < -0.4 is 11.5 Å². The molecular formula is C14H34N6O8. The highest BCUT2D eigenvalue weighted by Gasteiger charge is 2.08. The minimum Gasteiger partial charge on any atom is -0.481 e. The summed E-state index contributed by atoms with van der Waals surface area (Å²) in [6, 6.07) is 0. The maximum absolute atomic E-state index is 10.4. The van der Waals surface area contributed by atoms with E-state index in [9.17, 15) is 9.59 Å². The molecule has 2 unspecified atom stereocenters. The van der Waals surface area contributed by atoms with Crippen LogP contribution in [0.3, 0.4) is 0 Å². The molecule has 0 amide bonds. The van der Waals surface area contributed by atoms with Gasteiger partial charge in [-0.05, 0) is 0 Å². The molecule has 0 aliphatic heterocycles. The molecule has 168 valence electrons. The summed E-state index contributed by atoms with van der Waals surface area (Å²) in [5.41, 5.74) is 11.5. The van der Waals surface area contributed by atoms with Crippen molar-refractivity contribution in [2.75, 3.05) is 26.2 Å². The van der Waals surface area contributed by atoms with Crippen molar-refractivity contribution in [2.24, 2.45) is 43.5 Å². The topological polar surface area (TPSA) is 302 Å². The fraction of sp³-hybridized carbons (Fsp3) is 0.714. The lowest BCUT2D eigenvalue weighted by molar-refractivity contribution is -0.137. The van der Waals surface area contributed by atoms with E-state index in [1.54, 1.807) is 0 Å². The Morgan fingerprint density at radius 2 is 1.04 bits per heavy atom. The van der Waals surface area contributed by atoms with Gasteiger partial charge in [0.1, 0.15) is 0 Å². The first-order valence-electron chi connectivity index (χ1n) is 7.60. The molecule has 0 radical (unpaired) electrons. The summed E-state index contributed by atoms with van der Waals surface area (Å²) in [5.74, 6) is -1.43. The first-order chi connectivity index (χ1) is 11.2. The maximum atomic E-state index is 10.4. The molecule has 0 heterocycles. The van der Waals surface area contributed by atoms with E-state index < -0.39 is 11.9 Å². The van der Waals surface area contributed by atoms with Gasteiger partial charge in [-0.1, -0.05) is 13.8 Å². The number of rotatable bonds is 12. The third-order valence-electron chi connectivity index (χ3n) is 3.06. The molecule has 0 saturated heterocycles. The van der Waals surface area contributed by atoms with E-state index in [1.165, 1.54) is 0 Å². The largest absolute Gasteiger partial charge is 0.481 e. The van der Waals surface area contributed by atoms with Crippen molar-refractivity contribution >= 4 is 23.6 Å². The Labute approximate surface area is 162 Å². The van der Waals surface area contributed by atoms with Crippen LogP contribution in [-0.4, -0.2) is 81.9 Å². The van der Waals surface area contributed by atoms with E-state index in [-0.39, 0.29) is 59.7 Å². The Balaban J connectivity index is -0.000000441. The van der Waals surface area contributed by atoms with Crippen molar-refractivity contribution in [3.8, 4) is 0 Å². The van der Waals surface area contributed by atoms with Gasteiger partial charge in [0, 0.05) is 11.8 Å². The number of hydrogen-bond donors (Lipinski definition) is 4. The van der Waals surface area contributed by atoms with Gasteiger partial charge in [-0.3, -0.25) is 19.6 Å². The van der Waals surface area contributed by atoms with E-state index in [0.717, 1.165) is 0 Å². The number of nitrogens with zero attached hydrogens (tertiary/aromatic N) is 4. The molecule has 14 N–H and O–H groups in total. The second-order valence-corrected chi connectivity index (χ2v) is 5.35. The van der Waals surface area contributed by atoms with Crippen LogP contribution in [-0.2, 0) is 9.59 Å². The molecule has 0 saturated carbocycles. The summed E-state index contributed by atoms with van der Waals surface area (Å²) < 4.78 is 0. The zero-order chi connectivity index (χ0) is 18.5. The number of amidine groups is 2. The van der Waals surface area contributed by atoms with Crippen LogP contribution in [0.5, 0.6) is 0 Å². The van der Waals surface area contributed by atoms with E-state index in [4.69, 9.17) is 21.7 Å². The van der Waals surface area contributed by atoms with Crippen LogP contribution in [0.2, 0.25) is 0 Å². The van der Waals surface area contributed by atoms with Crippen molar-refractivity contribution < 1.29 is 41.7 Å². The molecule has 2 atom stereocenters. The lowest BCUT2D eigenvalue weighted by Crippen LogP contribution is -2.25. The number of aliphatic carboxylic acids is 2. The van der Waals surface area contributed by atoms with Crippen LogP contribution in [0.4, 0.5) is 0 Å². The quantitative estimate of drug-likeness (QED) is 0.147. The monoisotopic (exact) mass is 414 g/mol. The molecule has 28 heavy (non-hydrogen) atoms. The molecular weight excluding hydrogens is 380 g/mol. The minimum atomic E-state index is -0.921. The summed E-state index contributed by atoms with van der Waals surface area (Å²) in [4.78, 5) is 28.7. The molecule has 14 heteroatoms. The molecule has 0 rings (SSSR count). The second-order valence-electron chi connectivity index (χ2n) is 5.35. The summed E-state index contributed by atoms with van der Waals surface area (Å²) in [5, 5.41) is 25.1. The number of hydrogen-bond acceptors (Lipinski definition) is 6. The first-order valence-corrected chi connectivity index (χ1v) is 7.60. The normalized spacial score (nSPS) is 13.2. The van der Waals surface area contributed by atoms with Gasteiger partial charge in [-0.25, -0.2) is 0 Å². The van der Waals surface area contributed by atoms with Crippen LogP contribution in [0.25, 0.3) is 0 Å². The number of azo groups is 1. The van der Waals surface area contributed by atoms with Gasteiger partial charge in [0.2, 0.25) is 0 Å². The molecule has 0 aromatic heterocycles. The molecule has 0 aliphatic rings. The van der Waals surface area contributed by atoms with Crippen molar-refractivity contribution in [2.45, 2.75) is 26.7 Å². The highest BCUT2D eigenvalue weighted by molar-refractivity contribution is 5.83. The van der Waals surface area contributed by atoms with Crippen LogP contribution in [0.1, 0.15) is 26.7 Å². The molecule has 0 spiro atoms. The molecule has 0 aromatic carbocycles. The van der Waals surface area contributed by atoms with Gasteiger partial charge >= 0.3 is 11.9 Å². The van der Waals surface area contributed by atoms with Crippen LogP contribution in [0.15, 0.2) is 20.2 Å². The third-order valence-corrected chi connectivity index (χ3v) is 3.06. The average Bonchev–Trinajstić information content (AvgIpc) is 2.49.